The third-order valence-electron chi connectivity index (χ3n) is 2.25. The molecule has 0 saturated heterocycles. The molecule has 0 atom stereocenters. The summed E-state index contributed by atoms with van der Waals surface area (Å²) in [6.07, 6.45) is 0. The highest BCUT2D eigenvalue weighted by atomic mass is 19.1. The summed E-state index contributed by atoms with van der Waals surface area (Å²) in [7, 11) is 1.41. The Kier molecular flexibility index (Phi) is 4.24. The van der Waals surface area contributed by atoms with Crippen LogP contribution in [0.3, 0.4) is 0 Å². The second-order valence-electron chi connectivity index (χ2n) is 3.78. The fraction of sp³-hybridized carbons (Fsp3) is 0.250. The largest absolute Gasteiger partial charge is 0.467 e. The average molecular weight is 281 g/mol. The maximum atomic E-state index is 13.1. The molecule has 0 unspecified atom stereocenters. The highest BCUT2D eigenvalue weighted by Gasteiger charge is 2.08. The lowest BCUT2D eigenvalue weighted by Gasteiger charge is -2.08. The van der Waals surface area contributed by atoms with Crippen molar-refractivity contribution in [3.05, 3.63) is 29.8 Å². The zero-order valence-electron chi connectivity index (χ0n) is 10.9. The molecular weight excluding hydrogens is 268 g/mol. The molecule has 6 nitrogen and oxygen atoms in total. The normalized spacial score (nSPS) is 10.2. The predicted octanol–water partition coefficient (Wildman–Crippen LogP) is 2.33. The lowest BCUT2D eigenvalue weighted by molar-refractivity contribution is 0.379. The van der Waals surface area contributed by atoms with Crippen molar-refractivity contribution >= 4 is 17.6 Å². The maximum absolute atomic E-state index is 13.1. The third kappa shape index (κ3) is 3.50. The second kappa shape index (κ2) is 6.09. The Morgan fingerprint density at radius 2 is 1.70 bits per heavy atom. The number of hydrogen-bond donors (Lipinski definition) is 2. The molecular formula is C12H13F2N5O. The van der Waals surface area contributed by atoms with Gasteiger partial charge >= 0.3 is 6.01 Å². The van der Waals surface area contributed by atoms with Crippen LogP contribution in [0.2, 0.25) is 0 Å². The monoisotopic (exact) mass is 281 g/mol. The van der Waals surface area contributed by atoms with Gasteiger partial charge < -0.3 is 15.4 Å². The maximum Gasteiger partial charge on any atom is 0.322 e. The zero-order valence-corrected chi connectivity index (χ0v) is 10.9. The van der Waals surface area contributed by atoms with Crippen molar-refractivity contribution in [2.45, 2.75) is 6.92 Å². The summed E-state index contributed by atoms with van der Waals surface area (Å²) in [5.74, 6) is -0.961. The van der Waals surface area contributed by atoms with Crippen molar-refractivity contribution < 1.29 is 13.5 Å². The number of anilines is 3. The van der Waals surface area contributed by atoms with Gasteiger partial charge in [-0.3, -0.25) is 0 Å². The Balaban J connectivity index is 2.29. The second-order valence-corrected chi connectivity index (χ2v) is 3.78. The number of benzene rings is 1. The molecule has 2 N–H and O–H groups in total. The van der Waals surface area contributed by atoms with E-state index in [0.717, 1.165) is 18.2 Å². The van der Waals surface area contributed by atoms with E-state index in [9.17, 15) is 8.78 Å². The smallest absolute Gasteiger partial charge is 0.322 e. The molecule has 1 aromatic heterocycles. The third-order valence-corrected chi connectivity index (χ3v) is 2.25. The van der Waals surface area contributed by atoms with Crippen molar-refractivity contribution in [1.82, 2.24) is 15.0 Å². The van der Waals surface area contributed by atoms with Gasteiger partial charge in [0, 0.05) is 18.3 Å². The SMILES string of the molecule is CCNc1nc(Nc2cc(F)cc(F)c2)nc(OC)n1. The Bertz CT molecular complexity index is 588. The molecule has 1 heterocycles. The number of halogens is 2. The van der Waals surface area contributed by atoms with Gasteiger partial charge in [-0.05, 0) is 19.1 Å². The Hall–Kier alpha value is -2.51. The first kappa shape index (κ1) is 13.9. The Labute approximate surface area is 114 Å². The number of nitrogens with one attached hydrogen (secondary N) is 2. The first-order valence-corrected chi connectivity index (χ1v) is 5.87. The van der Waals surface area contributed by atoms with Crippen LogP contribution in [-0.4, -0.2) is 28.6 Å². The van der Waals surface area contributed by atoms with Gasteiger partial charge in [0.1, 0.15) is 11.6 Å². The molecule has 0 bridgehead atoms. The van der Waals surface area contributed by atoms with Crippen LogP contribution < -0.4 is 15.4 Å². The van der Waals surface area contributed by atoms with Gasteiger partial charge in [0.15, 0.2) is 0 Å². The van der Waals surface area contributed by atoms with Crippen molar-refractivity contribution in [2.24, 2.45) is 0 Å². The van der Waals surface area contributed by atoms with Gasteiger partial charge in [-0.1, -0.05) is 0 Å². The summed E-state index contributed by atoms with van der Waals surface area (Å²) in [5, 5.41) is 5.60. The van der Waals surface area contributed by atoms with E-state index >= 15 is 0 Å². The van der Waals surface area contributed by atoms with E-state index in [-0.39, 0.29) is 17.6 Å². The van der Waals surface area contributed by atoms with Gasteiger partial charge in [0.2, 0.25) is 11.9 Å². The minimum Gasteiger partial charge on any atom is -0.467 e. The van der Waals surface area contributed by atoms with Crippen LogP contribution in [0.25, 0.3) is 0 Å². The van der Waals surface area contributed by atoms with Crippen LogP contribution in [0.4, 0.5) is 26.4 Å². The molecule has 1 aromatic carbocycles. The van der Waals surface area contributed by atoms with Crippen molar-refractivity contribution in [2.75, 3.05) is 24.3 Å². The molecule has 8 heteroatoms. The van der Waals surface area contributed by atoms with Crippen LogP contribution in [0.1, 0.15) is 6.92 Å². The van der Waals surface area contributed by atoms with Gasteiger partial charge in [0.05, 0.1) is 7.11 Å². The van der Waals surface area contributed by atoms with Gasteiger partial charge in [0.25, 0.3) is 0 Å². The molecule has 0 saturated carbocycles. The molecule has 0 amide bonds. The molecule has 0 fully saturated rings. The molecule has 0 spiro atoms. The van der Waals surface area contributed by atoms with E-state index < -0.39 is 11.6 Å². The molecule has 106 valence electrons. The Morgan fingerprint density at radius 3 is 2.30 bits per heavy atom. The van der Waals surface area contributed by atoms with Crippen LogP contribution in [-0.2, 0) is 0 Å². The summed E-state index contributed by atoms with van der Waals surface area (Å²) in [4.78, 5) is 12.0. The number of ether oxygens (including phenoxy) is 1. The highest BCUT2D eigenvalue weighted by Crippen LogP contribution is 2.18. The molecule has 0 radical (unpaired) electrons. The van der Waals surface area contributed by atoms with E-state index in [1.807, 2.05) is 6.92 Å². The zero-order chi connectivity index (χ0) is 14.5. The van der Waals surface area contributed by atoms with Gasteiger partial charge in [-0.15, -0.1) is 0 Å². The van der Waals surface area contributed by atoms with Gasteiger partial charge in [-0.25, -0.2) is 8.78 Å². The molecule has 20 heavy (non-hydrogen) atoms. The van der Waals surface area contributed by atoms with E-state index in [4.69, 9.17) is 4.74 Å². The van der Waals surface area contributed by atoms with Crippen LogP contribution >= 0.6 is 0 Å². The van der Waals surface area contributed by atoms with E-state index in [2.05, 4.69) is 25.6 Å². The van der Waals surface area contributed by atoms with Gasteiger partial charge in [-0.2, -0.15) is 15.0 Å². The Morgan fingerprint density at radius 1 is 1.05 bits per heavy atom. The van der Waals surface area contributed by atoms with Crippen molar-refractivity contribution in [1.29, 1.82) is 0 Å². The number of hydrogen-bond acceptors (Lipinski definition) is 6. The fourth-order valence-corrected chi connectivity index (χ4v) is 1.50. The molecule has 2 aromatic rings. The van der Waals surface area contributed by atoms with E-state index in [0.29, 0.717) is 12.5 Å². The lowest BCUT2D eigenvalue weighted by atomic mass is 10.3. The number of methoxy groups -OCH3 is 1. The van der Waals surface area contributed by atoms with Crippen LogP contribution in [0.15, 0.2) is 18.2 Å². The fourth-order valence-electron chi connectivity index (χ4n) is 1.50. The molecule has 0 aliphatic rings. The predicted molar refractivity (Wildman–Crippen MR) is 70.2 cm³/mol. The van der Waals surface area contributed by atoms with Crippen molar-refractivity contribution in [3.63, 3.8) is 0 Å². The standard InChI is InChI=1S/C12H13F2N5O/c1-3-15-10-17-11(19-12(18-10)20-2)16-9-5-7(13)4-8(14)6-9/h4-6H,3H2,1-2H3,(H2,15,16,17,18,19). The van der Waals surface area contributed by atoms with E-state index in [1.54, 1.807) is 0 Å². The van der Waals surface area contributed by atoms with Crippen LogP contribution in [0, 0.1) is 11.6 Å². The highest BCUT2D eigenvalue weighted by molar-refractivity contribution is 5.54. The number of nitrogens with zero attached hydrogens (tertiary/aromatic N) is 3. The first-order chi connectivity index (χ1) is 9.60. The number of aromatic nitrogens is 3. The minimum absolute atomic E-state index is 0.0929. The molecule has 0 aliphatic heterocycles. The molecule has 0 aliphatic carbocycles. The average Bonchev–Trinajstić information content (AvgIpc) is 2.37. The summed E-state index contributed by atoms with van der Waals surface area (Å²) in [6, 6.07) is 3.14. The molecule has 2 rings (SSSR count). The van der Waals surface area contributed by atoms with E-state index in [1.165, 1.54) is 7.11 Å². The summed E-state index contributed by atoms with van der Waals surface area (Å²) in [6.45, 7) is 2.49. The minimum atomic E-state index is -0.694. The topological polar surface area (TPSA) is 72.0 Å². The lowest BCUT2D eigenvalue weighted by Crippen LogP contribution is -2.08. The summed E-state index contributed by atoms with van der Waals surface area (Å²) in [5.41, 5.74) is 0.193. The summed E-state index contributed by atoms with van der Waals surface area (Å²) < 4.78 is 31.1. The quantitative estimate of drug-likeness (QED) is 0.876. The van der Waals surface area contributed by atoms with Crippen molar-refractivity contribution in [3.8, 4) is 6.01 Å². The number of rotatable bonds is 5. The van der Waals surface area contributed by atoms with Crippen LogP contribution in [0.5, 0.6) is 6.01 Å². The first-order valence-electron chi connectivity index (χ1n) is 5.87. The summed E-state index contributed by atoms with van der Waals surface area (Å²) >= 11 is 0.